The zero-order chi connectivity index (χ0) is 16.5. The molecular formula is C23H19N. The fourth-order valence-electron chi connectivity index (χ4n) is 3.25. The molecule has 0 unspecified atom stereocenters. The minimum absolute atomic E-state index is 1.07. The lowest BCUT2D eigenvalue weighted by Gasteiger charge is -2.07. The third-order valence-corrected chi connectivity index (χ3v) is 4.55. The van der Waals surface area contributed by atoms with E-state index >= 15 is 0 Å². The molecule has 1 heteroatoms. The molecule has 0 saturated carbocycles. The molecule has 0 aromatic heterocycles. The van der Waals surface area contributed by atoms with Crippen LogP contribution in [-0.4, -0.2) is 6.21 Å². The first-order valence-corrected chi connectivity index (χ1v) is 8.24. The molecule has 0 N–H and O–H groups in total. The van der Waals surface area contributed by atoms with Gasteiger partial charge in [0.2, 0.25) is 0 Å². The molecule has 0 radical (unpaired) electrons. The summed E-state index contributed by atoms with van der Waals surface area (Å²) in [7, 11) is 0. The van der Waals surface area contributed by atoms with E-state index in [1.54, 1.807) is 0 Å². The van der Waals surface area contributed by atoms with Gasteiger partial charge in [-0.05, 0) is 58.7 Å². The number of benzene rings is 4. The Labute approximate surface area is 142 Å². The van der Waals surface area contributed by atoms with Crippen LogP contribution in [0.15, 0.2) is 77.8 Å². The van der Waals surface area contributed by atoms with Crippen LogP contribution in [0.25, 0.3) is 21.5 Å². The van der Waals surface area contributed by atoms with Crippen molar-refractivity contribution in [3.63, 3.8) is 0 Å². The molecular weight excluding hydrogens is 290 g/mol. The second-order valence-electron chi connectivity index (χ2n) is 6.27. The molecule has 0 heterocycles. The van der Waals surface area contributed by atoms with Gasteiger partial charge in [0.1, 0.15) is 0 Å². The van der Waals surface area contributed by atoms with Crippen molar-refractivity contribution in [1.82, 2.24) is 0 Å². The maximum absolute atomic E-state index is 4.78. The van der Waals surface area contributed by atoms with E-state index in [-0.39, 0.29) is 0 Å². The molecule has 0 fully saturated rings. The quantitative estimate of drug-likeness (QED) is 0.302. The second kappa shape index (κ2) is 5.93. The average molecular weight is 309 g/mol. The van der Waals surface area contributed by atoms with Crippen molar-refractivity contribution in [3.8, 4) is 0 Å². The van der Waals surface area contributed by atoms with E-state index in [0.717, 1.165) is 11.3 Å². The Balaban J connectivity index is 1.87. The third kappa shape index (κ3) is 2.59. The van der Waals surface area contributed by atoms with Gasteiger partial charge in [0, 0.05) is 11.8 Å². The number of hydrogen-bond donors (Lipinski definition) is 0. The lowest BCUT2D eigenvalue weighted by atomic mass is 10.00. The highest BCUT2D eigenvalue weighted by molar-refractivity contribution is 6.06. The summed E-state index contributed by atoms with van der Waals surface area (Å²) in [4.78, 5) is 4.78. The molecule has 0 aliphatic carbocycles. The van der Waals surface area contributed by atoms with Crippen LogP contribution >= 0.6 is 0 Å². The van der Waals surface area contributed by atoms with Crippen LogP contribution < -0.4 is 0 Å². The smallest absolute Gasteiger partial charge is 0.0688 e. The van der Waals surface area contributed by atoms with Gasteiger partial charge >= 0.3 is 0 Å². The van der Waals surface area contributed by atoms with Crippen molar-refractivity contribution in [1.29, 1.82) is 0 Å². The minimum Gasteiger partial charge on any atom is -0.256 e. The summed E-state index contributed by atoms with van der Waals surface area (Å²) in [6.07, 6.45) is 1.99. The number of hydrogen-bond acceptors (Lipinski definition) is 1. The summed E-state index contributed by atoms with van der Waals surface area (Å²) in [6.45, 7) is 4.21. The van der Waals surface area contributed by atoms with Gasteiger partial charge in [0.25, 0.3) is 0 Å². The number of para-hydroxylation sites is 1. The first-order valence-electron chi connectivity index (χ1n) is 8.24. The van der Waals surface area contributed by atoms with Crippen LogP contribution in [0.1, 0.15) is 16.7 Å². The number of aryl methyl sites for hydroxylation is 2. The molecule has 0 saturated heterocycles. The Morgan fingerprint density at radius 3 is 2.04 bits per heavy atom. The van der Waals surface area contributed by atoms with E-state index in [2.05, 4.69) is 86.6 Å². The first-order chi connectivity index (χ1) is 11.7. The molecule has 4 rings (SSSR count). The second-order valence-corrected chi connectivity index (χ2v) is 6.27. The number of nitrogens with zero attached hydrogens (tertiary/aromatic N) is 1. The topological polar surface area (TPSA) is 12.4 Å². The van der Waals surface area contributed by atoms with Crippen molar-refractivity contribution in [3.05, 3.63) is 89.5 Å². The van der Waals surface area contributed by atoms with Gasteiger partial charge in [-0.2, -0.15) is 0 Å². The van der Waals surface area contributed by atoms with Gasteiger partial charge in [0.05, 0.1) is 5.69 Å². The first kappa shape index (κ1) is 14.6. The van der Waals surface area contributed by atoms with E-state index < -0.39 is 0 Å². The number of aliphatic imine (C=N–C) groups is 1. The summed E-state index contributed by atoms with van der Waals surface area (Å²) < 4.78 is 0. The molecule has 0 atom stereocenters. The molecule has 0 aliphatic rings. The standard InChI is InChI=1S/C23H19N/c1-16-7-5-8-17(2)23(16)24-15-21-12-6-11-20-13-18-9-3-4-10-19(18)14-22(20)21/h3-15H,1-2H3/b24-15+. The fraction of sp³-hybridized carbons (Fsp3) is 0.0870. The van der Waals surface area contributed by atoms with Crippen molar-refractivity contribution in [2.24, 2.45) is 4.99 Å². The van der Waals surface area contributed by atoms with Crippen molar-refractivity contribution < 1.29 is 0 Å². The normalized spacial score (nSPS) is 11.6. The summed E-state index contributed by atoms with van der Waals surface area (Å²) in [5.74, 6) is 0. The van der Waals surface area contributed by atoms with Crippen molar-refractivity contribution >= 4 is 33.4 Å². The van der Waals surface area contributed by atoms with Crippen molar-refractivity contribution in [2.45, 2.75) is 13.8 Å². The summed E-state index contributed by atoms with van der Waals surface area (Å²) >= 11 is 0. The third-order valence-electron chi connectivity index (χ3n) is 4.55. The predicted molar refractivity (Wildman–Crippen MR) is 105 cm³/mol. The van der Waals surface area contributed by atoms with Crippen LogP contribution in [-0.2, 0) is 0 Å². The Kier molecular flexibility index (Phi) is 3.62. The highest BCUT2D eigenvalue weighted by Crippen LogP contribution is 2.26. The van der Waals surface area contributed by atoms with Gasteiger partial charge in [-0.1, -0.05) is 60.7 Å². The molecule has 0 aliphatic heterocycles. The minimum atomic E-state index is 1.07. The van der Waals surface area contributed by atoms with Gasteiger partial charge in [-0.15, -0.1) is 0 Å². The fourth-order valence-corrected chi connectivity index (χ4v) is 3.25. The van der Waals surface area contributed by atoms with Crippen LogP contribution in [0.5, 0.6) is 0 Å². The van der Waals surface area contributed by atoms with E-state index in [1.807, 2.05) is 6.21 Å². The van der Waals surface area contributed by atoms with Gasteiger partial charge in [0.15, 0.2) is 0 Å². The molecule has 116 valence electrons. The number of rotatable bonds is 2. The van der Waals surface area contributed by atoms with Crippen LogP contribution in [0.3, 0.4) is 0 Å². The Morgan fingerprint density at radius 1 is 0.667 bits per heavy atom. The zero-order valence-corrected chi connectivity index (χ0v) is 14.0. The summed E-state index contributed by atoms with van der Waals surface area (Å²) in [6, 6.07) is 25.7. The molecule has 0 bridgehead atoms. The Morgan fingerprint density at radius 2 is 1.29 bits per heavy atom. The molecule has 0 spiro atoms. The largest absolute Gasteiger partial charge is 0.256 e. The predicted octanol–water partition coefficient (Wildman–Crippen LogP) is 6.36. The van der Waals surface area contributed by atoms with E-state index in [4.69, 9.17) is 4.99 Å². The SMILES string of the molecule is Cc1cccc(C)c1/N=C/c1cccc2cc3ccccc3cc12. The zero-order valence-electron chi connectivity index (χ0n) is 14.0. The van der Waals surface area contributed by atoms with E-state index in [0.29, 0.717) is 0 Å². The molecule has 4 aromatic rings. The van der Waals surface area contributed by atoms with Crippen molar-refractivity contribution in [2.75, 3.05) is 0 Å². The lowest BCUT2D eigenvalue weighted by Crippen LogP contribution is -1.86. The van der Waals surface area contributed by atoms with E-state index in [1.165, 1.54) is 32.7 Å². The Bertz CT molecular complexity index is 1050. The Hall–Kier alpha value is -2.93. The van der Waals surface area contributed by atoms with E-state index in [9.17, 15) is 0 Å². The molecule has 1 nitrogen and oxygen atoms in total. The maximum atomic E-state index is 4.78. The van der Waals surface area contributed by atoms with Crippen LogP contribution in [0.2, 0.25) is 0 Å². The maximum Gasteiger partial charge on any atom is 0.0688 e. The van der Waals surface area contributed by atoms with Gasteiger partial charge in [-0.25, -0.2) is 0 Å². The van der Waals surface area contributed by atoms with Crippen LogP contribution in [0.4, 0.5) is 5.69 Å². The molecule has 24 heavy (non-hydrogen) atoms. The molecule has 0 amide bonds. The average Bonchev–Trinajstić information content (AvgIpc) is 2.59. The lowest BCUT2D eigenvalue weighted by molar-refractivity contribution is 1.33. The highest BCUT2D eigenvalue weighted by atomic mass is 14.7. The summed E-state index contributed by atoms with van der Waals surface area (Å²) in [5.41, 5.74) is 4.63. The van der Waals surface area contributed by atoms with Gasteiger partial charge in [-0.3, -0.25) is 4.99 Å². The monoisotopic (exact) mass is 309 g/mol. The van der Waals surface area contributed by atoms with Gasteiger partial charge < -0.3 is 0 Å². The number of fused-ring (bicyclic) bond motifs is 2. The van der Waals surface area contributed by atoms with Crippen LogP contribution in [0, 0.1) is 13.8 Å². The molecule has 4 aromatic carbocycles. The summed E-state index contributed by atoms with van der Waals surface area (Å²) in [5, 5.41) is 5.03. The highest BCUT2D eigenvalue weighted by Gasteiger charge is 2.03.